The van der Waals surface area contributed by atoms with Crippen LogP contribution in [0.2, 0.25) is 0 Å². The Hall–Kier alpha value is -4.26. The summed E-state index contributed by atoms with van der Waals surface area (Å²) in [7, 11) is 2.82. The summed E-state index contributed by atoms with van der Waals surface area (Å²) in [6.45, 7) is 0. The first-order chi connectivity index (χ1) is 14.9. The lowest BCUT2D eigenvalue weighted by Gasteiger charge is -2.17. The van der Waals surface area contributed by atoms with Gasteiger partial charge in [-0.1, -0.05) is 60.7 Å². The third-order valence-corrected chi connectivity index (χ3v) is 5.23. The van der Waals surface area contributed by atoms with Crippen molar-refractivity contribution < 1.29 is 14.5 Å². The van der Waals surface area contributed by atoms with E-state index >= 15 is 0 Å². The maximum absolute atomic E-state index is 13.4. The molecule has 0 N–H and O–H groups in total. The number of aromatic nitrogens is 1. The molecule has 31 heavy (non-hydrogen) atoms. The van der Waals surface area contributed by atoms with Crippen molar-refractivity contribution in [2.24, 2.45) is 7.05 Å². The van der Waals surface area contributed by atoms with Gasteiger partial charge in [-0.2, -0.15) is 0 Å². The third-order valence-electron chi connectivity index (χ3n) is 5.23. The van der Waals surface area contributed by atoms with E-state index in [1.165, 1.54) is 23.8 Å². The van der Waals surface area contributed by atoms with Crippen molar-refractivity contribution in [3.05, 3.63) is 98.8 Å². The van der Waals surface area contributed by atoms with Gasteiger partial charge in [0.05, 0.1) is 23.3 Å². The van der Waals surface area contributed by atoms with E-state index in [2.05, 4.69) is 0 Å². The summed E-state index contributed by atoms with van der Waals surface area (Å²) < 4.78 is 6.29. The van der Waals surface area contributed by atoms with Crippen LogP contribution < -0.4 is 5.56 Å². The number of esters is 1. The Morgan fingerprint density at radius 2 is 1.52 bits per heavy atom. The highest BCUT2D eigenvalue weighted by molar-refractivity contribution is 6.08. The molecule has 3 aromatic carbocycles. The van der Waals surface area contributed by atoms with Gasteiger partial charge in [0.2, 0.25) is 0 Å². The van der Waals surface area contributed by atoms with Gasteiger partial charge < -0.3 is 9.30 Å². The minimum atomic E-state index is -0.817. The molecule has 0 saturated heterocycles. The zero-order valence-electron chi connectivity index (χ0n) is 16.9. The number of hydrogen-bond donors (Lipinski definition) is 0. The maximum Gasteiger partial charge on any atom is 0.344 e. The van der Waals surface area contributed by atoms with E-state index in [-0.39, 0.29) is 11.1 Å². The summed E-state index contributed by atoms with van der Waals surface area (Å²) in [5.74, 6) is -0.817. The fraction of sp³-hybridized carbons (Fsp3) is 0.0833. The Morgan fingerprint density at radius 3 is 2.06 bits per heavy atom. The monoisotopic (exact) mass is 414 g/mol. The normalized spacial score (nSPS) is 10.8. The van der Waals surface area contributed by atoms with Gasteiger partial charge >= 0.3 is 5.97 Å². The molecule has 7 heteroatoms. The molecule has 4 rings (SSSR count). The van der Waals surface area contributed by atoms with Crippen LogP contribution >= 0.6 is 0 Å². The van der Waals surface area contributed by atoms with Crippen molar-refractivity contribution >= 4 is 22.4 Å². The zero-order valence-corrected chi connectivity index (χ0v) is 16.9. The van der Waals surface area contributed by atoms with Crippen molar-refractivity contribution in [3.63, 3.8) is 0 Å². The van der Waals surface area contributed by atoms with E-state index in [0.717, 1.165) is 5.56 Å². The molecule has 0 fully saturated rings. The van der Waals surface area contributed by atoms with Crippen LogP contribution in [0.1, 0.15) is 10.4 Å². The van der Waals surface area contributed by atoms with Gasteiger partial charge in [0.1, 0.15) is 5.56 Å². The molecule has 0 bridgehead atoms. The fourth-order valence-corrected chi connectivity index (χ4v) is 3.81. The smallest absolute Gasteiger partial charge is 0.344 e. The number of hydrogen-bond acceptors (Lipinski definition) is 5. The van der Waals surface area contributed by atoms with Crippen LogP contribution in [0.25, 0.3) is 33.2 Å². The quantitative estimate of drug-likeness (QED) is 0.277. The highest BCUT2D eigenvalue weighted by Crippen LogP contribution is 2.37. The van der Waals surface area contributed by atoms with Crippen molar-refractivity contribution in [1.29, 1.82) is 0 Å². The second-order valence-corrected chi connectivity index (χ2v) is 6.98. The van der Waals surface area contributed by atoms with E-state index in [4.69, 9.17) is 4.74 Å². The Bertz CT molecular complexity index is 1380. The number of nitro groups is 1. The molecule has 1 aromatic heterocycles. The average Bonchev–Trinajstić information content (AvgIpc) is 2.80. The van der Waals surface area contributed by atoms with Crippen LogP contribution in [0.5, 0.6) is 0 Å². The lowest BCUT2D eigenvalue weighted by atomic mass is 9.94. The van der Waals surface area contributed by atoms with E-state index in [9.17, 15) is 19.7 Å². The largest absolute Gasteiger partial charge is 0.465 e. The summed E-state index contributed by atoms with van der Waals surface area (Å²) in [5.41, 5.74) is 1.39. The van der Waals surface area contributed by atoms with Gasteiger partial charge in [-0.25, -0.2) is 4.79 Å². The van der Waals surface area contributed by atoms with Gasteiger partial charge in [-0.05, 0) is 17.2 Å². The molecule has 154 valence electrons. The summed E-state index contributed by atoms with van der Waals surface area (Å²) in [6, 6.07) is 20.9. The summed E-state index contributed by atoms with van der Waals surface area (Å²) in [4.78, 5) is 36.9. The number of benzene rings is 3. The number of fused-ring (bicyclic) bond motifs is 1. The van der Waals surface area contributed by atoms with Gasteiger partial charge in [-0.15, -0.1) is 0 Å². The van der Waals surface area contributed by atoms with Crippen molar-refractivity contribution in [2.75, 3.05) is 7.11 Å². The predicted molar refractivity (Wildman–Crippen MR) is 118 cm³/mol. The van der Waals surface area contributed by atoms with Gasteiger partial charge in [0, 0.05) is 23.9 Å². The predicted octanol–water partition coefficient (Wildman–Crippen LogP) is 4.57. The SMILES string of the molecule is COC(=O)c1cc2c(-c3ccccc3)n(C)c(=O)c(-c3ccccc3)c2cc1[N+](=O)[O-]. The average molecular weight is 414 g/mol. The van der Waals surface area contributed by atoms with Crippen LogP contribution in [0.4, 0.5) is 5.69 Å². The second-order valence-electron chi connectivity index (χ2n) is 6.98. The highest BCUT2D eigenvalue weighted by Gasteiger charge is 2.26. The molecule has 0 aliphatic carbocycles. The highest BCUT2D eigenvalue weighted by atomic mass is 16.6. The Balaban J connectivity index is 2.25. The van der Waals surface area contributed by atoms with Crippen LogP contribution in [0, 0.1) is 10.1 Å². The van der Waals surface area contributed by atoms with Crippen LogP contribution in [-0.2, 0) is 11.8 Å². The number of carbonyl (C=O) groups excluding carboxylic acids is 1. The second kappa shape index (κ2) is 7.87. The van der Waals surface area contributed by atoms with E-state index in [0.29, 0.717) is 27.6 Å². The van der Waals surface area contributed by atoms with Crippen LogP contribution in [0.15, 0.2) is 77.6 Å². The Morgan fingerprint density at radius 1 is 0.935 bits per heavy atom. The molecule has 0 amide bonds. The third kappa shape index (κ3) is 3.36. The molecule has 0 radical (unpaired) electrons. The summed E-state index contributed by atoms with van der Waals surface area (Å²) >= 11 is 0. The topological polar surface area (TPSA) is 91.4 Å². The molecular weight excluding hydrogens is 396 g/mol. The fourth-order valence-electron chi connectivity index (χ4n) is 3.81. The first kappa shape index (κ1) is 20.0. The summed E-state index contributed by atoms with van der Waals surface area (Å²) in [5, 5.41) is 12.7. The molecule has 7 nitrogen and oxygen atoms in total. The molecule has 0 unspecified atom stereocenters. The van der Waals surface area contributed by atoms with Crippen molar-refractivity contribution in [1.82, 2.24) is 4.57 Å². The number of pyridine rings is 1. The van der Waals surface area contributed by atoms with E-state index in [1.807, 2.05) is 36.4 Å². The standard InChI is InChI=1S/C24H18N2O5/c1-25-22(16-11-7-4-8-12-16)18-13-19(24(28)31-2)20(26(29)30)14-17(18)21(23(25)27)15-9-5-3-6-10-15/h3-14H,1-2H3. The molecule has 1 heterocycles. The molecular formula is C24H18N2O5. The minimum Gasteiger partial charge on any atom is -0.465 e. The van der Waals surface area contributed by atoms with Gasteiger partial charge in [0.15, 0.2) is 0 Å². The molecule has 0 spiro atoms. The van der Waals surface area contributed by atoms with E-state index < -0.39 is 16.6 Å². The summed E-state index contributed by atoms with van der Waals surface area (Å²) in [6.07, 6.45) is 0. The number of ether oxygens (including phenoxy) is 1. The van der Waals surface area contributed by atoms with Crippen molar-refractivity contribution in [3.8, 4) is 22.4 Å². The lowest BCUT2D eigenvalue weighted by Crippen LogP contribution is -2.21. The Kier molecular flexibility index (Phi) is 5.09. The van der Waals surface area contributed by atoms with E-state index in [1.54, 1.807) is 31.3 Å². The number of methoxy groups -OCH3 is 1. The van der Waals surface area contributed by atoms with Crippen LogP contribution in [-0.4, -0.2) is 22.6 Å². The number of rotatable bonds is 4. The first-order valence-electron chi connectivity index (χ1n) is 9.48. The zero-order chi connectivity index (χ0) is 22.1. The van der Waals surface area contributed by atoms with Gasteiger partial charge in [-0.3, -0.25) is 14.9 Å². The molecule has 0 atom stereocenters. The molecule has 0 aliphatic heterocycles. The van der Waals surface area contributed by atoms with Gasteiger partial charge in [0.25, 0.3) is 11.2 Å². The maximum atomic E-state index is 13.4. The number of nitro benzene ring substituents is 1. The first-order valence-corrected chi connectivity index (χ1v) is 9.48. The Labute approximate surface area is 177 Å². The lowest BCUT2D eigenvalue weighted by molar-refractivity contribution is -0.385. The molecule has 0 saturated carbocycles. The number of carbonyl (C=O) groups is 1. The van der Waals surface area contributed by atoms with Crippen molar-refractivity contribution in [2.45, 2.75) is 0 Å². The van der Waals surface area contributed by atoms with Crippen LogP contribution in [0.3, 0.4) is 0 Å². The number of nitrogens with zero attached hydrogens (tertiary/aromatic N) is 2. The molecule has 4 aromatic rings. The molecule has 0 aliphatic rings. The minimum absolute atomic E-state index is 0.171.